The van der Waals surface area contributed by atoms with Crippen molar-refractivity contribution in [2.45, 2.75) is 6.92 Å². The van der Waals surface area contributed by atoms with Gasteiger partial charge in [0.1, 0.15) is 5.75 Å². The Morgan fingerprint density at radius 2 is 1.57 bits per heavy atom. The third-order valence-electron chi connectivity index (χ3n) is 6.29. The zero-order chi connectivity index (χ0) is 30.2. The maximum Gasteiger partial charge on any atom is 0.338 e. The molecular weight excluding hydrogens is 542 g/mol. The van der Waals surface area contributed by atoms with Crippen molar-refractivity contribution in [1.29, 1.82) is 0 Å². The highest BCUT2D eigenvalue weighted by Gasteiger charge is 2.19. The lowest BCUT2D eigenvalue weighted by molar-refractivity contribution is -0.115. The summed E-state index contributed by atoms with van der Waals surface area (Å²) in [7, 11) is 6.06. The second kappa shape index (κ2) is 13.4. The van der Waals surface area contributed by atoms with Gasteiger partial charge >= 0.3 is 5.97 Å². The SMILES string of the molecule is CCOC(=O)c1cccc(NC(=O)CNC(=O)c2cc(-c3cc(OC)c(OC)c(OC)c3)nc3ccc(OC)cc23)c1. The van der Waals surface area contributed by atoms with Gasteiger partial charge in [-0.25, -0.2) is 9.78 Å². The number of fused-ring (bicyclic) bond motifs is 1. The summed E-state index contributed by atoms with van der Waals surface area (Å²) in [6.07, 6.45) is 0. The lowest BCUT2D eigenvalue weighted by atomic mass is 10.0. The molecule has 0 saturated heterocycles. The predicted molar refractivity (Wildman–Crippen MR) is 157 cm³/mol. The first kappa shape index (κ1) is 29.7. The van der Waals surface area contributed by atoms with E-state index in [1.807, 2.05) is 0 Å². The molecule has 11 heteroatoms. The van der Waals surface area contributed by atoms with Gasteiger partial charge in [-0.2, -0.15) is 0 Å². The van der Waals surface area contributed by atoms with Gasteiger partial charge in [-0.15, -0.1) is 0 Å². The fourth-order valence-electron chi connectivity index (χ4n) is 4.30. The van der Waals surface area contributed by atoms with E-state index >= 15 is 0 Å². The summed E-state index contributed by atoms with van der Waals surface area (Å²) in [6.45, 7) is 1.62. The monoisotopic (exact) mass is 573 g/mol. The van der Waals surface area contributed by atoms with E-state index in [1.54, 1.807) is 61.5 Å². The number of esters is 1. The van der Waals surface area contributed by atoms with E-state index in [2.05, 4.69) is 10.6 Å². The predicted octanol–water partition coefficient (Wildman–Crippen LogP) is 4.48. The highest BCUT2D eigenvalue weighted by Crippen LogP contribution is 2.41. The molecule has 0 saturated carbocycles. The van der Waals surface area contributed by atoms with Crippen molar-refractivity contribution in [3.8, 4) is 34.3 Å². The van der Waals surface area contributed by atoms with E-state index in [0.717, 1.165) is 0 Å². The summed E-state index contributed by atoms with van der Waals surface area (Å²) in [5.74, 6) is 0.343. The van der Waals surface area contributed by atoms with E-state index in [4.69, 9.17) is 28.7 Å². The quantitative estimate of drug-likeness (QED) is 0.249. The normalized spacial score (nSPS) is 10.5. The fourth-order valence-corrected chi connectivity index (χ4v) is 4.30. The molecule has 1 heterocycles. The van der Waals surface area contributed by atoms with Crippen molar-refractivity contribution in [2.24, 2.45) is 0 Å². The average molecular weight is 574 g/mol. The van der Waals surface area contributed by atoms with Crippen molar-refractivity contribution in [1.82, 2.24) is 10.3 Å². The van der Waals surface area contributed by atoms with Gasteiger partial charge in [0, 0.05) is 16.6 Å². The van der Waals surface area contributed by atoms with E-state index in [-0.39, 0.29) is 18.7 Å². The molecule has 2 amide bonds. The number of nitrogens with one attached hydrogen (secondary N) is 2. The molecule has 42 heavy (non-hydrogen) atoms. The number of pyridine rings is 1. The number of aromatic nitrogens is 1. The van der Waals surface area contributed by atoms with E-state index in [9.17, 15) is 14.4 Å². The number of anilines is 1. The molecule has 1 aromatic heterocycles. The second-order valence-corrected chi connectivity index (χ2v) is 8.88. The van der Waals surface area contributed by atoms with Gasteiger partial charge in [0.15, 0.2) is 11.5 Å². The largest absolute Gasteiger partial charge is 0.497 e. The minimum atomic E-state index is -0.500. The Hall–Kier alpha value is -5.32. The number of ether oxygens (including phenoxy) is 5. The first-order valence-electron chi connectivity index (χ1n) is 13.0. The molecule has 2 N–H and O–H groups in total. The van der Waals surface area contributed by atoms with Gasteiger partial charge < -0.3 is 34.3 Å². The van der Waals surface area contributed by atoms with Crippen LogP contribution in [-0.2, 0) is 9.53 Å². The Bertz CT molecular complexity index is 1610. The van der Waals surface area contributed by atoms with E-state index < -0.39 is 17.8 Å². The Morgan fingerprint density at radius 1 is 0.833 bits per heavy atom. The molecule has 3 aromatic carbocycles. The number of nitrogens with zero attached hydrogens (tertiary/aromatic N) is 1. The number of carbonyl (C=O) groups is 3. The van der Waals surface area contributed by atoms with Crippen molar-refractivity contribution in [2.75, 3.05) is 46.9 Å². The molecule has 11 nitrogen and oxygen atoms in total. The number of hydrogen-bond acceptors (Lipinski definition) is 9. The molecule has 0 fully saturated rings. The van der Waals surface area contributed by atoms with Crippen LogP contribution in [-0.4, -0.2) is 64.4 Å². The van der Waals surface area contributed by atoms with Crippen LogP contribution in [0.1, 0.15) is 27.6 Å². The summed E-state index contributed by atoms with van der Waals surface area (Å²) < 4.78 is 26.8. The van der Waals surface area contributed by atoms with Crippen molar-refractivity contribution in [3.05, 3.63) is 71.8 Å². The van der Waals surface area contributed by atoms with Crippen LogP contribution >= 0.6 is 0 Å². The van der Waals surface area contributed by atoms with Gasteiger partial charge in [0.25, 0.3) is 5.91 Å². The molecule has 0 aliphatic carbocycles. The Morgan fingerprint density at radius 3 is 2.21 bits per heavy atom. The zero-order valence-corrected chi connectivity index (χ0v) is 23.9. The molecule has 0 bridgehead atoms. The van der Waals surface area contributed by atoms with E-state index in [0.29, 0.717) is 56.4 Å². The Kier molecular flexibility index (Phi) is 9.43. The number of rotatable bonds is 11. The molecule has 0 atom stereocenters. The zero-order valence-electron chi connectivity index (χ0n) is 23.9. The van der Waals surface area contributed by atoms with Crippen LogP contribution in [0.3, 0.4) is 0 Å². The van der Waals surface area contributed by atoms with Gasteiger partial charge in [-0.3, -0.25) is 9.59 Å². The van der Waals surface area contributed by atoms with Gasteiger partial charge in [0.05, 0.1) is 63.9 Å². The van der Waals surface area contributed by atoms with Crippen molar-refractivity contribution in [3.63, 3.8) is 0 Å². The minimum Gasteiger partial charge on any atom is -0.497 e. The minimum absolute atomic E-state index is 0.234. The number of hydrogen-bond donors (Lipinski definition) is 2. The topological polar surface area (TPSA) is 134 Å². The summed E-state index contributed by atoms with van der Waals surface area (Å²) >= 11 is 0. The summed E-state index contributed by atoms with van der Waals surface area (Å²) in [5.41, 5.74) is 2.60. The van der Waals surface area contributed by atoms with E-state index in [1.165, 1.54) is 34.5 Å². The van der Waals surface area contributed by atoms with Gasteiger partial charge in [0.2, 0.25) is 11.7 Å². The number of amides is 2. The first-order chi connectivity index (χ1) is 20.3. The molecule has 4 rings (SSSR count). The lowest BCUT2D eigenvalue weighted by Gasteiger charge is -2.15. The van der Waals surface area contributed by atoms with Crippen molar-refractivity contribution >= 4 is 34.4 Å². The Labute approximate surface area is 242 Å². The van der Waals surface area contributed by atoms with Gasteiger partial charge in [-0.05, 0) is 61.5 Å². The van der Waals surface area contributed by atoms with Crippen LogP contribution in [0.2, 0.25) is 0 Å². The highest BCUT2D eigenvalue weighted by molar-refractivity contribution is 6.09. The maximum absolute atomic E-state index is 13.5. The average Bonchev–Trinajstić information content (AvgIpc) is 3.02. The van der Waals surface area contributed by atoms with Crippen LogP contribution in [0.25, 0.3) is 22.2 Å². The van der Waals surface area contributed by atoms with Gasteiger partial charge in [-0.1, -0.05) is 6.07 Å². The van der Waals surface area contributed by atoms with Crippen LogP contribution in [0.5, 0.6) is 23.0 Å². The molecule has 0 radical (unpaired) electrons. The third kappa shape index (κ3) is 6.52. The lowest BCUT2D eigenvalue weighted by Crippen LogP contribution is -2.33. The molecule has 4 aromatic rings. The molecule has 0 unspecified atom stereocenters. The molecular formula is C31H31N3O8. The highest BCUT2D eigenvalue weighted by atomic mass is 16.5. The first-order valence-corrected chi connectivity index (χ1v) is 13.0. The van der Waals surface area contributed by atoms with Crippen LogP contribution < -0.4 is 29.6 Å². The molecule has 0 spiro atoms. The number of benzene rings is 3. The second-order valence-electron chi connectivity index (χ2n) is 8.88. The summed E-state index contributed by atoms with van der Waals surface area (Å²) in [5, 5.41) is 5.88. The van der Waals surface area contributed by atoms with Crippen LogP contribution in [0, 0.1) is 0 Å². The molecule has 0 aliphatic heterocycles. The van der Waals surface area contributed by atoms with Crippen LogP contribution in [0.4, 0.5) is 5.69 Å². The number of carbonyl (C=O) groups excluding carboxylic acids is 3. The molecule has 218 valence electrons. The van der Waals surface area contributed by atoms with Crippen molar-refractivity contribution < 1.29 is 38.1 Å². The maximum atomic E-state index is 13.5. The Balaban J connectivity index is 1.63. The fraction of sp³-hybridized carbons (Fsp3) is 0.226. The summed E-state index contributed by atoms with van der Waals surface area (Å²) in [6, 6.07) is 16.6. The van der Waals surface area contributed by atoms with Crippen LogP contribution in [0.15, 0.2) is 60.7 Å². The standard InChI is InChI=1S/C31H31N3O8/c1-6-42-31(37)18-8-7-9-20(12-18)33-28(35)17-32-30(36)23-16-25(34-24-11-10-21(38-2)15-22(23)24)19-13-26(39-3)29(41-5)27(14-19)40-4/h7-16H,6,17H2,1-5H3,(H,32,36)(H,33,35). The molecule has 0 aliphatic rings. The summed E-state index contributed by atoms with van der Waals surface area (Å²) in [4.78, 5) is 42.9. The third-order valence-corrected chi connectivity index (χ3v) is 6.29. The smallest absolute Gasteiger partial charge is 0.338 e. The number of methoxy groups -OCH3 is 4.